The van der Waals surface area contributed by atoms with Gasteiger partial charge in [-0.2, -0.15) is 0 Å². The molecule has 0 saturated carbocycles. The molecule has 0 fully saturated rings. The summed E-state index contributed by atoms with van der Waals surface area (Å²) in [5, 5.41) is 0. The predicted octanol–water partition coefficient (Wildman–Crippen LogP) is 2.18. The average molecular weight is 192 g/mol. The minimum absolute atomic E-state index is 0.132. The smallest absolute Gasteiger partial charge is 0.141 e. The maximum Gasteiger partial charge on any atom is 0.141 e. The van der Waals surface area contributed by atoms with E-state index in [0.717, 1.165) is 17.1 Å². The van der Waals surface area contributed by atoms with Gasteiger partial charge in [-0.15, -0.1) is 0 Å². The van der Waals surface area contributed by atoms with E-state index in [1.54, 1.807) is 6.20 Å². The average Bonchev–Trinajstić information content (AvgIpc) is 2.19. The number of aryl methyl sites for hydroxylation is 2. The molecule has 3 heteroatoms. The fourth-order valence-electron chi connectivity index (χ4n) is 1.42. The molecule has 1 rings (SSSR count). The molecule has 0 spiro atoms. The van der Waals surface area contributed by atoms with Gasteiger partial charge in [0.1, 0.15) is 5.78 Å². The first-order chi connectivity index (χ1) is 6.56. The summed E-state index contributed by atoms with van der Waals surface area (Å²) in [6, 6.07) is 0. The Morgan fingerprint density at radius 1 is 1.50 bits per heavy atom. The highest BCUT2D eigenvalue weighted by atomic mass is 16.1. The zero-order chi connectivity index (χ0) is 10.7. The van der Waals surface area contributed by atoms with Gasteiger partial charge in [0.25, 0.3) is 0 Å². The Morgan fingerprint density at radius 3 is 2.71 bits per heavy atom. The van der Waals surface area contributed by atoms with Crippen molar-refractivity contribution < 1.29 is 4.79 Å². The number of Topliss-reactive ketones (excluding diaryl/α,β-unsaturated/α-hetero) is 1. The summed E-state index contributed by atoms with van der Waals surface area (Å²) >= 11 is 0. The third kappa shape index (κ3) is 2.16. The van der Waals surface area contributed by atoms with Gasteiger partial charge in [0.2, 0.25) is 0 Å². The fourth-order valence-corrected chi connectivity index (χ4v) is 1.42. The molecule has 0 N–H and O–H groups in total. The van der Waals surface area contributed by atoms with Crippen molar-refractivity contribution in [2.45, 2.75) is 40.0 Å². The molecule has 0 bridgehead atoms. The van der Waals surface area contributed by atoms with Crippen molar-refractivity contribution in [1.82, 2.24) is 9.97 Å². The van der Waals surface area contributed by atoms with Crippen molar-refractivity contribution in [1.29, 1.82) is 0 Å². The van der Waals surface area contributed by atoms with E-state index in [1.807, 2.05) is 27.7 Å². The van der Waals surface area contributed by atoms with E-state index in [4.69, 9.17) is 0 Å². The molecular formula is C11H16N2O. The number of nitrogens with zero attached hydrogens (tertiary/aromatic N) is 2. The molecule has 3 nitrogen and oxygen atoms in total. The Kier molecular flexibility index (Phi) is 3.33. The van der Waals surface area contributed by atoms with E-state index in [-0.39, 0.29) is 11.7 Å². The lowest BCUT2D eigenvalue weighted by atomic mass is 9.99. The number of hydrogen-bond donors (Lipinski definition) is 0. The largest absolute Gasteiger partial charge is 0.299 e. The second-order valence-corrected chi connectivity index (χ2v) is 3.52. The molecule has 76 valence electrons. The lowest BCUT2D eigenvalue weighted by molar-refractivity contribution is -0.119. The summed E-state index contributed by atoms with van der Waals surface area (Å²) < 4.78 is 0. The molecule has 1 aromatic heterocycles. The van der Waals surface area contributed by atoms with Gasteiger partial charge in [-0.1, -0.05) is 6.92 Å². The number of hydrogen-bond acceptors (Lipinski definition) is 3. The van der Waals surface area contributed by atoms with Crippen molar-refractivity contribution in [3.05, 3.63) is 23.3 Å². The Labute approximate surface area is 84.6 Å². The number of aromatic nitrogens is 2. The fraction of sp³-hybridized carbons (Fsp3) is 0.545. The Balaban J connectivity index is 3.05. The lowest BCUT2D eigenvalue weighted by Crippen LogP contribution is -2.12. The zero-order valence-electron chi connectivity index (χ0n) is 9.16. The molecule has 0 aliphatic heterocycles. The Bertz CT molecular complexity index is 347. The van der Waals surface area contributed by atoms with E-state index >= 15 is 0 Å². The number of rotatable bonds is 3. The van der Waals surface area contributed by atoms with Crippen LogP contribution in [0.5, 0.6) is 0 Å². The van der Waals surface area contributed by atoms with E-state index < -0.39 is 0 Å². The molecule has 0 amide bonds. The van der Waals surface area contributed by atoms with E-state index in [9.17, 15) is 4.79 Å². The van der Waals surface area contributed by atoms with Gasteiger partial charge in [-0.05, 0) is 20.8 Å². The maximum absolute atomic E-state index is 11.5. The first kappa shape index (κ1) is 10.8. The first-order valence-corrected chi connectivity index (χ1v) is 4.89. The third-order valence-electron chi connectivity index (χ3n) is 2.35. The van der Waals surface area contributed by atoms with Crippen molar-refractivity contribution in [3.63, 3.8) is 0 Å². The molecule has 0 aromatic carbocycles. The number of carbonyl (C=O) groups excluding carboxylic acids is 1. The van der Waals surface area contributed by atoms with E-state index in [0.29, 0.717) is 6.42 Å². The van der Waals surface area contributed by atoms with Crippen molar-refractivity contribution in [2.24, 2.45) is 0 Å². The van der Waals surface area contributed by atoms with Gasteiger partial charge in [-0.25, -0.2) is 0 Å². The molecule has 14 heavy (non-hydrogen) atoms. The second-order valence-electron chi connectivity index (χ2n) is 3.52. The highest BCUT2D eigenvalue weighted by Crippen LogP contribution is 2.17. The highest BCUT2D eigenvalue weighted by molar-refractivity contribution is 5.84. The van der Waals surface area contributed by atoms with Crippen LogP contribution in [0.15, 0.2) is 6.20 Å². The molecule has 0 aliphatic carbocycles. The highest BCUT2D eigenvalue weighted by Gasteiger charge is 2.17. The number of ketones is 1. The zero-order valence-corrected chi connectivity index (χ0v) is 9.16. The summed E-state index contributed by atoms with van der Waals surface area (Å²) in [6.45, 7) is 7.54. The van der Waals surface area contributed by atoms with Gasteiger partial charge in [0, 0.05) is 12.6 Å². The van der Waals surface area contributed by atoms with Crippen LogP contribution in [0.25, 0.3) is 0 Å². The lowest BCUT2D eigenvalue weighted by Gasteiger charge is -2.11. The molecule has 1 aromatic rings. The van der Waals surface area contributed by atoms with Crippen LogP contribution in [0, 0.1) is 13.8 Å². The van der Waals surface area contributed by atoms with Crippen LogP contribution in [0.2, 0.25) is 0 Å². The van der Waals surface area contributed by atoms with Crippen LogP contribution < -0.4 is 0 Å². The topological polar surface area (TPSA) is 42.9 Å². The Hall–Kier alpha value is -1.25. The maximum atomic E-state index is 11.5. The van der Waals surface area contributed by atoms with Crippen LogP contribution in [-0.4, -0.2) is 15.8 Å². The summed E-state index contributed by atoms with van der Waals surface area (Å²) in [5.74, 6) is 0.0837. The Morgan fingerprint density at radius 2 is 2.14 bits per heavy atom. The quantitative estimate of drug-likeness (QED) is 0.737. The molecule has 0 saturated heterocycles. The molecular weight excluding hydrogens is 176 g/mol. The van der Waals surface area contributed by atoms with Gasteiger partial charge in [-0.3, -0.25) is 14.8 Å². The summed E-state index contributed by atoms with van der Waals surface area (Å²) in [4.78, 5) is 20.1. The van der Waals surface area contributed by atoms with E-state index in [2.05, 4.69) is 9.97 Å². The molecule has 1 heterocycles. The second kappa shape index (κ2) is 4.31. The standard InChI is InChI=1S/C11H16N2O/c1-5-10(14)8(3)11-9(4)12-6-7(2)13-11/h6,8H,5H2,1-4H3. The minimum atomic E-state index is -0.132. The van der Waals surface area contributed by atoms with Crippen LogP contribution in [0.3, 0.4) is 0 Å². The van der Waals surface area contributed by atoms with E-state index in [1.165, 1.54) is 0 Å². The van der Waals surface area contributed by atoms with Crippen molar-refractivity contribution >= 4 is 5.78 Å². The SMILES string of the molecule is CCC(=O)C(C)c1nc(C)cnc1C. The van der Waals surface area contributed by atoms with Gasteiger partial charge < -0.3 is 0 Å². The summed E-state index contributed by atoms with van der Waals surface area (Å²) in [7, 11) is 0. The molecule has 0 radical (unpaired) electrons. The van der Waals surface area contributed by atoms with Crippen molar-refractivity contribution in [2.75, 3.05) is 0 Å². The van der Waals surface area contributed by atoms with Gasteiger partial charge >= 0.3 is 0 Å². The predicted molar refractivity (Wildman–Crippen MR) is 55.2 cm³/mol. The van der Waals surface area contributed by atoms with Crippen LogP contribution in [-0.2, 0) is 4.79 Å². The molecule has 1 atom stereocenters. The van der Waals surface area contributed by atoms with Gasteiger partial charge in [0.05, 0.1) is 23.0 Å². The number of carbonyl (C=O) groups is 1. The first-order valence-electron chi connectivity index (χ1n) is 4.89. The van der Waals surface area contributed by atoms with Crippen LogP contribution in [0.4, 0.5) is 0 Å². The summed E-state index contributed by atoms with van der Waals surface area (Å²) in [6.07, 6.45) is 2.28. The normalized spacial score (nSPS) is 12.6. The summed E-state index contributed by atoms with van der Waals surface area (Å²) in [5.41, 5.74) is 2.53. The molecule has 0 aliphatic rings. The van der Waals surface area contributed by atoms with Crippen molar-refractivity contribution in [3.8, 4) is 0 Å². The monoisotopic (exact) mass is 192 g/mol. The van der Waals surface area contributed by atoms with Gasteiger partial charge in [0.15, 0.2) is 0 Å². The third-order valence-corrected chi connectivity index (χ3v) is 2.35. The molecule has 1 unspecified atom stereocenters. The van der Waals surface area contributed by atoms with Crippen LogP contribution >= 0.6 is 0 Å². The minimum Gasteiger partial charge on any atom is -0.299 e. The van der Waals surface area contributed by atoms with Crippen LogP contribution in [0.1, 0.15) is 43.3 Å².